The second-order valence-corrected chi connectivity index (χ2v) is 6.82. The van der Waals surface area contributed by atoms with Crippen LogP contribution in [0.3, 0.4) is 0 Å². The molecule has 0 bridgehead atoms. The Morgan fingerprint density at radius 2 is 2.13 bits per heavy atom. The molecule has 4 nitrogen and oxygen atoms in total. The van der Waals surface area contributed by atoms with Gasteiger partial charge in [0, 0.05) is 31.5 Å². The van der Waals surface area contributed by atoms with E-state index in [2.05, 4.69) is 38.4 Å². The van der Waals surface area contributed by atoms with Gasteiger partial charge in [-0.25, -0.2) is 9.97 Å². The summed E-state index contributed by atoms with van der Waals surface area (Å²) in [5.74, 6) is 0.842. The normalized spacial score (nSPS) is 14.7. The third kappa shape index (κ3) is 3.16. The zero-order valence-electron chi connectivity index (χ0n) is 13.1. The zero-order chi connectivity index (χ0) is 15.6. The van der Waals surface area contributed by atoms with Gasteiger partial charge >= 0.3 is 0 Å². The van der Waals surface area contributed by atoms with Crippen molar-refractivity contribution in [2.24, 2.45) is 0 Å². The van der Waals surface area contributed by atoms with Crippen molar-refractivity contribution < 1.29 is 0 Å². The predicted molar refractivity (Wildman–Crippen MR) is 92.1 cm³/mol. The van der Waals surface area contributed by atoms with E-state index in [1.54, 1.807) is 11.3 Å². The predicted octanol–water partition coefficient (Wildman–Crippen LogP) is 3.47. The highest BCUT2D eigenvalue weighted by Crippen LogP contribution is 2.24. The Hall–Kier alpha value is -2.11. The highest BCUT2D eigenvalue weighted by atomic mass is 32.1. The summed E-state index contributed by atoms with van der Waals surface area (Å²) in [7, 11) is 0. The Bertz CT molecular complexity index is 814. The highest BCUT2D eigenvalue weighted by molar-refractivity contribution is 7.13. The first-order chi connectivity index (χ1) is 11.3. The van der Waals surface area contributed by atoms with Gasteiger partial charge in [-0.2, -0.15) is 0 Å². The highest BCUT2D eigenvalue weighted by Gasteiger charge is 2.19. The minimum absolute atomic E-state index is 0.842. The van der Waals surface area contributed by atoms with Crippen molar-refractivity contribution in [3.63, 3.8) is 0 Å². The Morgan fingerprint density at radius 3 is 2.96 bits per heavy atom. The lowest BCUT2D eigenvalue weighted by Crippen LogP contribution is -2.31. The van der Waals surface area contributed by atoms with E-state index in [1.807, 2.05) is 25.3 Å². The summed E-state index contributed by atoms with van der Waals surface area (Å²) < 4.78 is 0. The number of hydrogen-bond acceptors (Lipinski definition) is 5. The van der Waals surface area contributed by atoms with Crippen LogP contribution in [0, 0.1) is 6.92 Å². The fourth-order valence-electron chi connectivity index (χ4n) is 2.93. The second-order valence-electron chi connectivity index (χ2n) is 5.87. The standard InChI is InChI=1S/C18H18N4S/c1-13-4-2-5-15(20-13)11-22-8-7-14-10-19-18(21-16(14)12-22)17-6-3-9-23-17/h2-6,9-10H,7-8,11-12H2,1H3. The van der Waals surface area contributed by atoms with Crippen LogP contribution in [0.4, 0.5) is 0 Å². The second kappa shape index (κ2) is 6.18. The van der Waals surface area contributed by atoms with Crippen molar-refractivity contribution >= 4 is 11.3 Å². The minimum atomic E-state index is 0.842. The first kappa shape index (κ1) is 14.5. The Kier molecular flexibility index (Phi) is 3.89. The zero-order valence-corrected chi connectivity index (χ0v) is 13.9. The smallest absolute Gasteiger partial charge is 0.169 e. The first-order valence-electron chi connectivity index (χ1n) is 7.81. The molecule has 4 heterocycles. The molecule has 0 aliphatic carbocycles. The maximum Gasteiger partial charge on any atom is 0.169 e. The van der Waals surface area contributed by atoms with Gasteiger partial charge in [0.2, 0.25) is 0 Å². The number of rotatable bonds is 3. The molecule has 0 unspecified atom stereocenters. The third-order valence-electron chi connectivity index (χ3n) is 4.10. The molecule has 0 amide bonds. The van der Waals surface area contributed by atoms with Gasteiger partial charge in [0.15, 0.2) is 5.82 Å². The van der Waals surface area contributed by atoms with Gasteiger partial charge in [-0.1, -0.05) is 12.1 Å². The van der Waals surface area contributed by atoms with Crippen molar-refractivity contribution in [2.75, 3.05) is 6.54 Å². The van der Waals surface area contributed by atoms with Gasteiger partial charge in [-0.05, 0) is 42.5 Å². The molecular weight excluding hydrogens is 304 g/mol. The van der Waals surface area contributed by atoms with Crippen LogP contribution < -0.4 is 0 Å². The molecule has 0 atom stereocenters. The number of pyridine rings is 1. The maximum absolute atomic E-state index is 4.80. The fourth-order valence-corrected chi connectivity index (χ4v) is 3.60. The number of nitrogens with zero attached hydrogens (tertiary/aromatic N) is 4. The van der Waals surface area contributed by atoms with Crippen molar-refractivity contribution in [3.8, 4) is 10.7 Å². The molecule has 0 spiro atoms. The van der Waals surface area contributed by atoms with Gasteiger partial charge in [-0.15, -0.1) is 11.3 Å². The molecule has 23 heavy (non-hydrogen) atoms. The van der Waals surface area contributed by atoms with Crippen LogP contribution in [0.5, 0.6) is 0 Å². The summed E-state index contributed by atoms with van der Waals surface area (Å²) in [5, 5.41) is 2.06. The van der Waals surface area contributed by atoms with E-state index in [1.165, 1.54) is 5.56 Å². The van der Waals surface area contributed by atoms with Gasteiger partial charge in [0.1, 0.15) is 0 Å². The number of thiophene rings is 1. The Balaban J connectivity index is 1.55. The lowest BCUT2D eigenvalue weighted by Gasteiger charge is -2.27. The van der Waals surface area contributed by atoms with Crippen LogP contribution in [-0.2, 0) is 19.5 Å². The lowest BCUT2D eigenvalue weighted by atomic mass is 10.1. The molecule has 0 saturated heterocycles. The summed E-state index contributed by atoms with van der Waals surface area (Å²) in [6.45, 7) is 4.81. The lowest BCUT2D eigenvalue weighted by molar-refractivity contribution is 0.238. The van der Waals surface area contributed by atoms with Crippen LogP contribution in [-0.4, -0.2) is 26.4 Å². The average Bonchev–Trinajstić information content (AvgIpc) is 3.09. The molecule has 1 aliphatic rings. The van der Waals surface area contributed by atoms with E-state index < -0.39 is 0 Å². The van der Waals surface area contributed by atoms with E-state index in [0.29, 0.717) is 0 Å². The van der Waals surface area contributed by atoms with Crippen LogP contribution in [0.15, 0.2) is 41.9 Å². The fraction of sp³-hybridized carbons (Fsp3) is 0.278. The third-order valence-corrected chi connectivity index (χ3v) is 4.96. The Morgan fingerprint density at radius 1 is 1.17 bits per heavy atom. The van der Waals surface area contributed by atoms with Crippen molar-refractivity contribution in [1.29, 1.82) is 0 Å². The van der Waals surface area contributed by atoms with Crippen molar-refractivity contribution in [1.82, 2.24) is 19.9 Å². The van der Waals surface area contributed by atoms with Crippen molar-refractivity contribution in [2.45, 2.75) is 26.4 Å². The summed E-state index contributed by atoms with van der Waals surface area (Å²) in [5.41, 5.74) is 4.63. The van der Waals surface area contributed by atoms with Crippen LogP contribution in [0.25, 0.3) is 10.7 Å². The van der Waals surface area contributed by atoms with Crippen molar-refractivity contribution in [3.05, 3.63) is 64.6 Å². The van der Waals surface area contributed by atoms with E-state index in [4.69, 9.17) is 4.98 Å². The van der Waals surface area contributed by atoms with Gasteiger partial charge in [0.25, 0.3) is 0 Å². The number of aromatic nitrogens is 3. The van der Waals surface area contributed by atoms with Crippen LogP contribution in [0.1, 0.15) is 22.6 Å². The summed E-state index contributed by atoms with van der Waals surface area (Å²) in [6, 6.07) is 10.3. The Labute approximate surface area is 139 Å². The van der Waals surface area contributed by atoms with Gasteiger partial charge in [-0.3, -0.25) is 9.88 Å². The molecule has 0 radical (unpaired) electrons. The molecule has 0 saturated carbocycles. The SMILES string of the molecule is Cc1cccc(CN2CCc3cnc(-c4cccs4)nc3C2)n1. The number of fused-ring (bicyclic) bond motifs is 1. The molecule has 4 rings (SSSR count). The van der Waals surface area contributed by atoms with E-state index >= 15 is 0 Å². The molecule has 1 aliphatic heterocycles. The molecule has 3 aromatic heterocycles. The van der Waals surface area contributed by atoms with E-state index in [9.17, 15) is 0 Å². The maximum atomic E-state index is 4.80. The molecule has 3 aromatic rings. The van der Waals surface area contributed by atoms with Crippen LogP contribution >= 0.6 is 11.3 Å². The largest absolute Gasteiger partial charge is 0.291 e. The van der Waals surface area contributed by atoms with Crippen LogP contribution in [0.2, 0.25) is 0 Å². The summed E-state index contributed by atoms with van der Waals surface area (Å²) in [4.78, 5) is 17.5. The van der Waals surface area contributed by atoms with E-state index in [0.717, 1.165) is 53.8 Å². The molecule has 0 N–H and O–H groups in total. The monoisotopic (exact) mass is 322 g/mol. The van der Waals surface area contributed by atoms with Gasteiger partial charge in [0.05, 0.1) is 16.3 Å². The quantitative estimate of drug-likeness (QED) is 0.740. The molecular formula is C18H18N4S. The number of hydrogen-bond donors (Lipinski definition) is 0. The minimum Gasteiger partial charge on any atom is -0.291 e. The van der Waals surface area contributed by atoms with Gasteiger partial charge < -0.3 is 0 Å². The van der Waals surface area contributed by atoms with E-state index in [-0.39, 0.29) is 0 Å². The summed E-state index contributed by atoms with van der Waals surface area (Å²) >= 11 is 1.68. The first-order valence-corrected chi connectivity index (χ1v) is 8.69. The summed E-state index contributed by atoms with van der Waals surface area (Å²) in [6.07, 6.45) is 3.01. The molecule has 116 valence electrons. The molecule has 5 heteroatoms. The number of aryl methyl sites for hydroxylation is 1. The molecule has 0 aromatic carbocycles. The topological polar surface area (TPSA) is 41.9 Å². The molecule has 0 fully saturated rings. The average molecular weight is 322 g/mol.